The number of hydrogen-bond donors (Lipinski definition) is 6. The van der Waals surface area contributed by atoms with E-state index in [0.717, 1.165) is 61.6 Å². The van der Waals surface area contributed by atoms with Gasteiger partial charge in [-0.05, 0) is 116 Å². The van der Waals surface area contributed by atoms with Crippen LogP contribution in [0.15, 0.2) is 78.2 Å². The lowest BCUT2D eigenvalue weighted by Crippen LogP contribution is -2.52. The molecule has 4 aromatic rings. The number of benzene rings is 2. The molecule has 2 aromatic carbocycles. The lowest BCUT2D eigenvalue weighted by atomic mass is 9.66. The SMILES string of the molecule is CC(=O)O[C@H]1C[C@@H](c2cc(O)c(O)c(OCCc3cccnc3)c2)O[C@@H]2[C@H]1CC[C@H]1C#C[C@H]3[C@H](NC(N)=NCCCc4ccnc(N)c4)CCC[C@H]3Oc3cc(ccc3O)C[C@@H]21. The topological polar surface area (TPSA) is 217 Å². The normalized spacial score (nSPS) is 26.7. The summed E-state index contributed by atoms with van der Waals surface area (Å²) in [6.07, 6.45) is 10.4. The van der Waals surface area contributed by atoms with Crippen LogP contribution < -0.4 is 26.3 Å². The van der Waals surface area contributed by atoms with Gasteiger partial charge in [-0.1, -0.05) is 24.0 Å². The molecule has 14 nitrogen and oxygen atoms in total. The van der Waals surface area contributed by atoms with E-state index in [9.17, 15) is 20.1 Å². The van der Waals surface area contributed by atoms with Crippen LogP contribution in [0.2, 0.25) is 0 Å². The lowest BCUT2D eigenvalue weighted by Gasteiger charge is -2.49. The minimum absolute atomic E-state index is 0.0550. The number of rotatable bonds is 11. The summed E-state index contributed by atoms with van der Waals surface area (Å²) in [5.74, 6) is 7.15. The maximum atomic E-state index is 12.6. The number of nitrogens with two attached hydrogens (primary N) is 2. The van der Waals surface area contributed by atoms with Gasteiger partial charge in [0.05, 0.1) is 24.7 Å². The molecule has 3 fully saturated rings. The fourth-order valence-corrected chi connectivity index (χ4v) is 9.69. The highest BCUT2D eigenvalue weighted by Crippen LogP contribution is 2.50. The van der Waals surface area contributed by atoms with Crippen LogP contribution in [-0.4, -0.2) is 74.7 Å². The first-order valence-corrected chi connectivity index (χ1v) is 21.7. The fraction of sp³-hybridized carbons (Fsp3) is 0.458. The molecule has 2 aliphatic carbocycles. The molecule has 326 valence electrons. The molecular formula is C48H56N6O8. The van der Waals surface area contributed by atoms with E-state index in [2.05, 4.69) is 32.1 Å². The maximum absolute atomic E-state index is 12.6. The first-order chi connectivity index (χ1) is 30.1. The van der Waals surface area contributed by atoms with Crippen LogP contribution in [0.4, 0.5) is 5.82 Å². The second-order valence-corrected chi connectivity index (χ2v) is 16.9. The number of esters is 1. The fourth-order valence-electron chi connectivity index (χ4n) is 9.69. The van der Waals surface area contributed by atoms with Gasteiger partial charge in [0.1, 0.15) is 18.0 Å². The number of hydrogen-bond acceptors (Lipinski definition) is 12. The third-order valence-corrected chi connectivity index (χ3v) is 12.7. The molecule has 4 aliphatic rings. The van der Waals surface area contributed by atoms with Crippen LogP contribution in [0.1, 0.15) is 80.2 Å². The Morgan fingerprint density at radius 3 is 2.69 bits per heavy atom. The number of nitrogen functional groups attached to an aromatic ring is 1. The number of carbonyl (C=O) groups excluding carboxylic acids is 1. The molecule has 0 unspecified atom stereocenters. The summed E-state index contributed by atoms with van der Waals surface area (Å²) in [5, 5.41) is 36.3. The van der Waals surface area contributed by atoms with E-state index in [1.165, 1.54) is 13.0 Å². The van der Waals surface area contributed by atoms with E-state index in [4.69, 9.17) is 30.4 Å². The van der Waals surface area contributed by atoms with Crippen LogP contribution in [-0.2, 0) is 33.5 Å². The highest BCUT2D eigenvalue weighted by molar-refractivity contribution is 5.78. The number of nitrogens with zero attached hydrogens (tertiary/aromatic N) is 3. The lowest BCUT2D eigenvalue weighted by molar-refractivity contribution is -0.196. The molecule has 9 atom stereocenters. The van der Waals surface area contributed by atoms with Gasteiger partial charge in [-0.25, -0.2) is 4.98 Å². The van der Waals surface area contributed by atoms with Crippen molar-refractivity contribution < 1.29 is 39.1 Å². The number of aromatic nitrogens is 2. The molecule has 0 amide bonds. The van der Waals surface area contributed by atoms with Gasteiger partial charge in [0, 0.05) is 68.7 Å². The number of anilines is 1. The Balaban J connectivity index is 1.06. The Kier molecular flexibility index (Phi) is 13.2. The standard InChI is InChI=1S/C48H56N6O8/c1-28(55)60-42-26-41(33-24-39(57)46(58)44(25-33)59-20-16-30-6-3-17-51-27-30)62-47-35(42)13-11-32-10-12-34-37(54-48(50)53-18-4-5-29-15-19-52-45(49)23-29)7-2-8-40(34)61-43-22-31(21-36(32)47)9-14-38(43)56/h3,6,9,14-15,17,19,22-25,27,32,34-37,40-42,47,56-58H,2,4-5,7-8,11,13,16,18,20-21,26H2,1H3,(H2,49,52)(H3,50,53,54)/t32-,34+,35+,36-,37-,40-,41+,42+,47-/m1/s1. The number of aryl methyl sites for hydroxylation is 1. The summed E-state index contributed by atoms with van der Waals surface area (Å²) >= 11 is 0. The molecule has 2 aromatic heterocycles. The van der Waals surface area contributed by atoms with Crippen LogP contribution in [0.5, 0.6) is 28.7 Å². The molecule has 0 spiro atoms. The average Bonchev–Trinajstić information content (AvgIpc) is 3.27. The van der Waals surface area contributed by atoms with E-state index in [1.54, 1.807) is 30.7 Å². The van der Waals surface area contributed by atoms with Crippen LogP contribution in [0.3, 0.4) is 0 Å². The van der Waals surface area contributed by atoms with Gasteiger partial charge in [0.2, 0.25) is 5.75 Å². The monoisotopic (exact) mass is 844 g/mol. The van der Waals surface area contributed by atoms with Gasteiger partial charge in [0.25, 0.3) is 0 Å². The third kappa shape index (κ3) is 10.1. The zero-order valence-electron chi connectivity index (χ0n) is 35.0. The second-order valence-electron chi connectivity index (χ2n) is 16.9. The molecular weight excluding hydrogens is 789 g/mol. The van der Waals surface area contributed by atoms with Crippen LogP contribution in [0, 0.1) is 35.5 Å². The van der Waals surface area contributed by atoms with Gasteiger partial charge in [-0.3, -0.25) is 14.8 Å². The van der Waals surface area contributed by atoms with E-state index in [1.807, 2.05) is 36.4 Å². The van der Waals surface area contributed by atoms with Crippen molar-refractivity contribution in [3.63, 3.8) is 0 Å². The number of guanidine groups is 1. The smallest absolute Gasteiger partial charge is 0.302 e. The van der Waals surface area contributed by atoms with Crippen molar-refractivity contribution in [2.45, 2.75) is 102 Å². The van der Waals surface area contributed by atoms with E-state index in [-0.39, 0.29) is 71.4 Å². The summed E-state index contributed by atoms with van der Waals surface area (Å²) in [6.45, 7) is 2.20. The van der Waals surface area contributed by atoms with Crippen LogP contribution >= 0.6 is 0 Å². The summed E-state index contributed by atoms with van der Waals surface area (Å²) in [7, 11) is 0. The molecule has 4 heterocycles. The largest absolute Gasteiger partial charge is 0.504 e. The number of nitrogens with one attached hydrogen (secondary N) is 1. The highest BCUT2D eigenvalue weighted by atomic mass is 16.6. The Labute approximate surface area is 362 Å². The summed E-state index contributed by atoms with van der Waals surface area (Å²) < 4.78 is 25.8. The first-order valence-electron chi connectivity index (χ1n) is 21.7. The van der Waals surface area contributed by atoms with Crippen molar-refractivity contribution in [2.24, 2.45) is 34.4 Å². The Morgan fingerprint density at radius 1 is 0.984 bits per heavy atom. The number of ether oxygens (including phenoxy) is 4. The van der Waals surface area contributed by atoms with E-state index >= 15 is 0 Å². The predicted molar refractivity (Wildman–Crippen MR) is 232 cm³/mol. The number of carbonyl (C=O) groups is 1. The highest BCUT2D eigenvalue weighted by Gasteiger charge is 2.49. The van der Waals surface area contributed by atoms with Gasteiger partial charge in [-0.2, -0.15) is 0 Å². The Bertz CT molecular complexity index is 2300. The van der Waals surface area contributed by atoms with E-state index in [0.29, 0.717) is 48.9 Å². The third-order valence-electron chi connectivity index (χ3n) is 12.7. The van der Waals surface area contributed by atoms with Crippen molar-refractivity contribution in [1.82, 2.24) is 15.3 Å². The zero-order chi connectivity index (χ0) is 43.2. The van der Waals surface area contributed by atoms with Crippen LogP contribution in [0.25, 0.3) is 0 Å². The molecule has 8 N–H and O–H groups in total. The molecule has 1 saturated heterocycles. The number of phenols is 3. The molecule has 14 heteroatoms. The van der Waals surface area contributed by atoms with Crippen molar-refractivity contribution >= 4 is 17.7 Å². The molecule has 2 saturated carbocycles. The summed E-state index contributed by atoms with van der Waals surface area (Å²) in [4.78, 5) is 25.5. The van der Waals surface area contributed by atoms with Gasteiger partial charge in [-0.15, -0.1) is 0 Å². The van der Waals surface area contributed by atoms with Gasteiger partial charge in [0.15, 0.2) is 29.0 Å². The Hall–Kier alpha value is -6.20. The average molecular weight is 845 g/mol. The minimum atomic E-state index is -0.599. The van der Waals surface area contributed by atoms with Crippen molar-refractivity contribution in [3.05, 3.63) is 95.4 Å². The molecule has 62 heavy (non-hydrogen) atoms. The first kappa shape index (κ1) is 42.5. The number of fused-ring (bicyclic) bond motifs is 6. The zero-order valence-corrected chi connectivity index (χ0v) is 35.0. The quantitative estimate of drug-likeness (QED) is 0.0259. The molecule has 8 rings (SSSR count). The predicted octanol–water partition coefficient (Wildman–Crippen LogP) is 5.91. The van der Waals surface area contributed by atoms with Crippen molar-refractivity contribution in [1.29, 1.82) is 0 Å². The van der Waals surface area contributed by atoms with Gasteiger partial charge >= 0.3 is 5.97 Å². The van der Waals surface area contributed by atoms with Crippen molar-refractivity contribution in [2.75, 3.05) is 18.9 Å². The maximum Gasteiger partial charge on any atom is 0.302 e. The van der Waals surface area contributed by atoms with Crippen molar-refractivity contribution in [3.8, 4) is 40.6 Å². The number of phenolic OH excluding ortho intramolecular Hbond substituents is 3. The molecule has 2 bridgehead atoms. The van der Waals surface area contributed by atoms with E-state index < -0.39 is 18.3 Å². The number of aliphatic imine (C=N–C) groups is 1. The number of aromatic hydroxyl groups is 3. The summed E-state index contributed by atoms with van der Waals surface area (Å²) in [5.41, 5.74) is 16.0. The van der Waals surface area contributed by atoms with Gasteiger partial charge < -0.3 is 51.1 Å². The molecule has 0 radical (unpaired) electrons. The second kappa shape index (κ2) is 19.2. The Morgan fingerprint density at radius 2 is 1.87 bits per heavy atom. The minimum Gasteiger partial charge on any atom is -0.504 e. The summed E-state index contributed by atoms with van der Waals surface area (Å²) in [6, 6.07) is 16.2. The number of pyridine rings is 2. The molecule has 2 aliphatic heterocycles.